The number of anilines is 1. The van der Waals surface area contributed by atoms with Gasteiger partial charge in [0.25, 0.3) is 0 Å². The number of aryl methyl sites for hydroxylation is 2. The van der Waals surface area contributed by atoms with Crippen LogP contribution in [0.5, 0.6) is 0 Å². The van der Waals surface area contributed by atoms with Gasteiger partial charge < -0.3 is 5.32 Å². The van der Waals surface area contributed by atoms with E-state index in [-0.39, 0.29) is 5.91 Å². The number of carbonyl (C=O) groups is 1. The topological polar surface area (TPSA) is 42.0 Å². The maximum Gasteiger partial charge on any atom is 0.225 e. The third kappa shape index (κ3) is 4.75. The van der Waals surface area contributed by atoms with Gasteiger partial charge in [-0.05, 0) is 44.4 Å². The summed E-state index contributed by atoms with van der Waals surface area (Å²) in [5.41, 5.74) is 2.04. The number of hydrogen-bond donors (Lipinski definition) is 1. The maximum absolute atomic E-state index is 11.5. The second kappa shape index (κ2) is 6.63. The highest BCUT2D eigenvalue weighted by Crippen LogP contribution is 2.10. The first-order valence-electron chi connectivity index (χ1n) is 5.43. The standard InChI is InChI=1S/C12H17BrN2O/c1-9-7-10(2)14-11(8-9)15-12(16)5-3-4-6-13/h7-8H,3-6H2,1-2H3,(H,14,15,16). The Bertz CT molecular complexity index is 346. The fourth-order valence-electron chi connectivity index (χ4n) is 1.49. The van der Waals surface area contributed by atoms with Gasteiger partial charge in [-0.3, -0.25) is 4.79 Å². The van der Waals surface area contributed by atoms with Gasteiger partial charge in [-0.25, -0.2) is 4.98 Å². The molecule has 0 spiro atoms. The Morgan fingerprint density at radius 2 is 2.12 bits per heavy atom. The van der Waals surface area contributed by atoms with Crippen molar-refractivity contribution >= 4 is 27.7 Å². The molecule has 0 aliphatic carbocycles. The molecule has 0 aliphatic rings. The Kier molecular flexibility index (Phi) is 5.46. The van der Waals surface area contributed by atoms with E-state index in [2.05, 4.69) is 26.2 Å². The van der Waals surface area contributed by atoms with Crippen LogP contribution < -0.4 is 5.32 Å². The van der Waals surface area contributed by atoms with Crippen LogP contribution >= 0.6 is 15.9 Å². The molecule has 1 aromatic heterocycles. The van der Waals surface area contributed by atoms with Crippen LogP contribution in [0.1, 0.15) is 30.5 Å². The van der Waals surface area contributed by atoms with Crippen LogP contribution in [0.4, 0.5) is 5.82 Å². The van der Waals surface area contributed by atoms with E-state index in [1.807, 2.05) is 26.0 Å². The van der Waals surface area contributed by atoms with Crippen molar-refractivity contribution in [2.45, 2.75) is 33.1 Å². The second-order valence-corrected chi connectivity index (χ2v) is 4.66. The lowest BCUT2D eigenvalue weighted by molar-refractivity contribution is -0.116. The van der Waals surface area contributed by atoms with Crippen LogP contribution in [-0.4, -0.2) is 16.2 Å². The lowest BCUT2D eigenvalue weighted by atomic mass is 10.2. The molecule has 4 heteroatoms. The van der Waals surface area contributed by atoms with Crippen LogP contribution in [0.15, 0.2) is 12.1 Å². The van der Waals surface area contributed by atoms with E-state index in [9.17, 15) is 4.79 Å². The van der Waals surface area contributed by atoms with E-state index in [0.29, 0.717) is 12.2 Å². The average Bonchev–Trinajstić information content (AvgIpc) is 2.16. The molecule has 0 saturated heterocycles. The monoisotopic (exact) mass is 284 g/mol. The van der Waals surface area contributed by atoms with E-state index in [0.717, 1.165) is 29.4 Å². The summed E-state index contributed by atoms with van der Waals surface area (Å²) in [5, 5.41) is 3.76. The van der Waals surface area contributed by atoms with Gasteiger partial charge in [0.2, 0.25) is 5.91 Å². The van der Waals surface area contributed by atoms with E-state index >= 15 is 0 Å². The molecule has 1 amide bonds. The number of hydrogen-bond acceptors (Lipinski definition) is 2. The molecule has 0 aliphatic heterocycles. The van der Waals surface area contributed by atoms with Crippen LogP contribution in [0.2, 0.25) is 0 Å². The maximum atomic E-state index is 11.5. The highest BCUT2D eigenvalue weighted by Gasteiger charge is 2.03. The van der Waals surface area contributed by atoms with Gasteiger partial charge in [-0.2, -0.15) is 0 Å². The summed E-state index contributed by atoms with van der Waals surface area (Å²) < 4.78 is 0. The van der Waals surface area contributed by atoms with E-state index in [1.54, 1.807) is 0 Å². The summed E-state index contributed by atoms with van der Waals surface area (Å²) in [6.07, 6.45) is 2.48. The van der Waals surface area contributed by atoms with E-state index in [1.165, 1.54) is 0 Å². The number of carbonyl (C=O) groups excluding carboxylic acids is 1. The predicted molar refractivity (Wildman–Crippen MR) is 70.0 cm³/mol. The van der Waals surface area contributed by atoms with Crippen molar-refractivity contribution in [3.63, 3.8) is 0 Å². The first-order chi connectivity index (χ1) is 7.61. The lowest BCUT2D eigenvalue weighted by Crippen LogP contribution is -2.12. The van der Waals surface area contributed by atoms with Gasteiger partial charge >= 0.3 is 0 Å². The van der Waals surface area contributed by atoms with Crippen molar-refractivity contribution in [2.75, 3.05) is 10.6 Å². The van der Waals surface area contributed by atoms with Crippen LogP contribution in [0, 0.1) is 13.8 Å². The number of pyridine rings is 1. The second-order valence-electron chi connectivity index (χ2n) is 3.87. The molecule has 0 aromatic carbocycles. The molecule has 1 aromatic rings. The van der Waals surface area contributed by atoms with Crippen LogP contribution in [0.3, 0.4) is 0 Å². The lowest BCUT2D eigenvalue weighted by Gasteiger charge is -2.06. The van der Waals surface area contributed by atoms with Crippen molar-refractivity contribution in [1.29, 1.82) is 0 Å². The molecule has 0 fully saturated rings. The zero-order valence-electron chi connectivity index (χ0n) is 9.72. The molecule has 0 unspecified atom stereocenters. The number of unbranched alkanes of at least 4 members (excludes halogenated alkanes) is 1. The predicted octanol–water partition coefficient (Wildman–Crippen LogP) is 3.20. The highest BCUT2D eigenvalue weighted by molar-refractivity contribution is 9.09. The summed E-state index contributed by atoms with van der Waals surface area (Å²) >= 11 is 3.34. The zero-order valence-corrected chi connectivity index (χ0v) is 11.3. The van der Waals surface area contributed by atoms with Crippen molar-refractivity contribution in [1.82, 2.24) is 4.98 Å². The Labute approximate surface area is 105 Å². The van der Waals surface area contributed by atoms with Crippen LogP contribution in [0.25, 0.3) is 0 Å². The van der Waals surface area contributed by atoms with Gasteiger partial charge in [0.05, 0.1) is 0 Å². The molecule has 1 heterocycles. The minimum Gasteiger partial charge on any atom is -0.311 e. The fourth-order valence-corrected chi connectivity index (χ4v) is 1.89. The van der Waals surface area contributed by atoms with Crippen molar-refractivity contribution < 1.29 is 4.79 Å². The molecule has 88 valence electrons. The fraction of sp³-hybridized carbons (Fsp3) is 0.500. The Morgan fingerprint density at radius 3 is 2.75 bits per heavy atom. The van der Waals surface area contributed by atoms with Crippen LogP contribution in [-0.2, 0) is 4.79 Å². The van der Waals surface area contributed by atoms with Gasteiger partial charge in [0, 0.05) is 17.4 Å². The molecule has 0 bridgehead atoms. The SMILES string of the molecule is Cc1cc(C)nc(NC(=O)CCCCBr)c1. The smallest absolute Gasteiger partial charge is 0.225 e. The summed E-state index contributed by atoms with van der Waals surface area (Å²) in [6.45, 7) is 3.92. The number of halogens is 1. The highest BCUT2D eigenvalue weighted by atomic mass is 79.9. The van der Waals surface area contributed by atoms with Crippen molar-refractivity contribution in [2.24, 2.45) is 0 Å². The molecule has 1 rings (SSSR count). The molecule has 3 nitrogen and oxygen atoms in total. The number of alkyl halides is 1. The summed E-state index contributed by atoms with van der Waals surface area (Å²) in [4.78, 5) is 15.8. The minimum atomic E-state index is 0.0402. The van der Waals surface area contributed by atoms with Gasteiger partial charge in [0.15, 0.2) is 0 Å². The molecule has 16 heavy (non-hydrogen) atoms. The summed E-state index contributed by atoms with van der Waals surface area (Å²) in [5.74, 6) is 0.694. The molecular weight excluding hydrogens is 268 g/mol. The quantitative estimate of drug-likeness (QED) is 0.666. The largest absolute Gasteiger partial charge is 0.311 e. The third-order valence-corrected chi connectivity index (χ3v) is 2.71. The number of aromatic nitrogens is 1. The molecular formula is C12H17BrN2O. The number of nitrogens with one attached hydrogen (secondary N) is 1. The Morgan fingerprint density at radius 1 is 1.38 bits per heavy atom. The van der Waals surface area contributed by atoms with Gasteiger partial charge in [-0.1, -0.05) is 15.9 Å². The molecule has 0 saturated carbocycles. The summed E-state index contributed by atoms with van der Waals surface area (Å²) in [7, 11) is 0. The zero-order chi connectivity index (χ0) is 12.0. The summed E-state index contributed by atoms with van der Waals surface area (Å²) in [6, 6.07) is 3.87. The number of rotatable bonds is 5. The Hall–Kier alpha value is -0.900. The minimum absolute atomic E-state index is 0.0402. The van der Waals surface area contributed by atoms with E-state index < -0.39 is 0 Å². The van der Waals surface area contributed by atoms with Crippen molar-refractivity contribution in [3.8, 4) is 0 Å². The van der Waals surface area contributed by atoms with Gasteiger partial charge in [0.1, 0.15) is 5.82 Å². The first-order valence-corrected chi connectivity index (χ1v) is 6.55. The van der Waals surface area contributed by atoms with E-state index in [4.69, 9.17) is 0 Å². The third-order valence-electron chi connectivity index (χ3n) is 2.15. The first kappa shape index (κ1) is 13.2. The van der Waals surface area contributed by atoms with Gasteiger partial charge in [-0.15, -0.1) is 0 Å². The van der Waals surface area contributed by atoms with Crippen molar-refractivity contribution in [3.05, 3.63) is 23.4 Å². The molecule has 0 atom stereocenters. The average molecular weight is 285 g/mol. The number of nitrogens with zero attached hydrogens (tertiary/aromatic N) is 1. The number of amides is 1. The molecule has 1 N–H and O–H groups in total. The molecule has 0 radical (unpaired) electrons. The Balaban J connectivity index is 2.49. The normalized spacial score (nSPS) is 10.2.